The molecule has 0 radical (unpaired) electrons. The first-order valence-corrected chi connectivity index (χ1v) is 5.67. The minimum Gasteiger partial charge on any atom is -0.352 e. The molecule has 1 saturated carbocycles. The summed E-state index contributed by atoms with van der Waals surface area (Å²) in [5, 5.41) is 6.10. The SMILES string of the molecule is CC(NCC(=O)NC1CC1)c1nccn1C. The number of rotatable bonds is 5. The molecule has 0 aromatic carbocycles. The van der Waals surface area contributed by atoms with Crippen LogP contribution >= 0.6 is 0 Å². The Morgan fingerprint density at radius 2 is 2.44 bits per heavy atom. The normalized spacial score (nSPS) is 17.1. The van der Waals surface area contributed by atoms with Gasteiger partial charge in [0.1, 0.15) is 5.82 Å². The molecule has 0 spiro atoms. The van der Waals surface area contributed by atoms with Gasteiger partial charge in [-0.25, -0.2) is 4.98 Å². The fourth-order valence-corrected chi connectivity index (χ4v) is 1.64. The summed E-state index contributed by atoms with van der Waals surface area (Å²) in [6, 6.07) is 0.516. The summed E-state index contributed by atoms with van der Waals surface area (Å²) in [7, 11) is 1.95. The largest absolute Gasteiger partial charge is 0.352 e. The van der Waals surface area contributed by atoms with Gasteiger partial charge >= 0.3 is 0 Å². The van der Waals surface area contributed by atoms with Gasteiger partial charge in [-0.3, -0.25) is 10.1 Å². The molecule has 88 valence electrons. The molecule has 1 aromatic heterocycles. The van der Waals surface area contributed by atoms with Crippen molar-refractivity contribution in [1.82, 2.24) is 20.2 Å². The van der Waals surface area contributed by atoms with Gasteiger partial charge in [0, 0.05) is 25.5 Å². The molecule has 5 nitrogen and oxygen atoms in total. The lowest BCUT2D eigenvalue weighted by Gasteiger charge is -2.13. The van der Waals surface area contributed by atoms with Crippen molar-refractivity contribution < 1.29 is 4.79 Å². The van der Waals surface area contributed by atoms with Gasteiger partial charge in [-0.2, -0.15) is 0 Å². The predicted molar refractivity (Wildman–Crippen MR) is 60.8 cm³/mol. The molecule has 0 bridgehead atoms. The van der Waals surface area contributed by atoms with E-state index in [-0.39, 0.29) is 11.9 Å². The van der Waals surface area contributed by atoms with E-state index < -0.39 is 0 Å². The number of imidazole rings is 1. The van der Waals surface area contributed by atoms with E-state index in [4.69, 9.17) is 0 Å². The second kappa shape index (κ2) is 4.65. The number of hydrogen-bond acceptors (Lipinski definition) is 3. The maximum absolute atomic E-state index is 11.5. The van der Waals surface area contributed by atoms with Crippen molar-refractivity contribution in [1.29, 1.82) is 0 Å². The number of nitrogens with zero attached hydrogens (tertiary/aromatic N) is 2. The number of carbonyl (C=O) groups is 1. The maximum atomic E-state index is 11.5. The second-order valence-electron chi connectivity index (χ2n) is 4.34. The van der Waals surface area contributed by atoms with Crippen molar-refractivity contribution >= 4 is 5.91 Å². The molecule has 1 amide bonds. The van der Waals surface area contributed by atoms with Gasteiger partial charge in [0.2, 0.25) is 5.91 Å². The smallest absolute Gasteiger partial charge is 0.234 e. The fraction of sp³-hybridized carbons (Fsp3) is 0.636. The van der Waals surface area contributed by atoms with Gasteiger partial charge in [0.25, 0.3) is 0 Å². The number of carbonyl (C=O) groups excluding carboxylic acids is 1. The van der Waals surface area contributed by atoms with E-state index in [1.807, 2.05) is 24.7 Å². The Morgan fingerprint density at radius 1 is 1.69 bits per heavy atom. The van der Waals surface area contributed by atoms with Crippen molar-refractivity contribution in [3.63, 3.8) is 0 Å². The second-order valence-corrected chi connectivity index (χ2v) is 4.34. The molecule has 2 N–H and O–H groups in total. The molecule has 1 aliphatic carbocycles. The van der Waals surface area contributed by atoms with Crippen LogP contribution in [0.2, 0.25) is 0 Å². The minimum absolute atomic E-state index is 0.0727. The van der Waals surface area contributed by atoms with Gasteiger partial charge in [0.15, 0.2) is 0 Å². The molecule has 5 heteroatoms. The summed E-state index contributed by atoms with van der Waals surface area (Å²) in [5.41, 5.74) is 0. The molecule has 1 heterocycles. The quantitative estimate of drug-likeness (QED) is 0.755. The van der Waals surface area contributed by atoms with Crippen LogP contribution in [0.1, 0.15) is 31.6 Å². The van der Waals surface area contributed by atoms with Crippen molar-refractivity contribution in [2.45, 2.75) is 31.8 Å². The Bertz CT molecular complexity index is 370. The van der Waals surface area contributed by atoms with E-state index in [9.17, 15) is 4.79 Å². The van der Waals surface area contributed by atoms with E-state index in [0.717, 1.165) is 18.7 Å². The zero-order valence-electron chi connectivity index (χ0n) is 9.73. The van der Waals surface area contributed by atoms with E-state index >= 15 is 0 Å². The molecular formula is C11H18N4O. The molecule has 16 heavy (non-hydrogen) atoms. The summed E-state index contributed by atoms with van der Waals surface area (Å²) in [6.07, 6.45) is 5.91. The van der Waals surface area contributed by atoms with Crippen molar-refractivity contribution in [2.24, 2.45) is 7.05 Å². The van der Waals surface area contributed by atoms with Crippen LogP contribution in [0.15, 0.2) is 12.4 Å². The van der Waals surface area contributed by atoms with Crippen LogP contribution in [0.25, 0.3) is 0 Å². The van der Waals surface area contributed by atoms with Crippen LogP contribution in [0.5, 0.6) is 0 Å². The highest BCUT2D eigenvalue weighted by atomic mass is 16.2. The van der Waals surface area contributed by atoms with Gasteiger partial charge in [-0.15, -0.1) is 0 Å². The minimum atomic E-state index is 0.0727. The molecule has 0 aliphatic heterocycles. The highest BCUT2D eigenvalue weighted by Crippen LogP contribution is 2.18. The number of amides is 1. The van der Waals surface area contributed by atoms with Crippen LogP contribution < -0.4 is 10.6 Å². The average Bonchev–Trinajstić information content (AvgIpc) is 2.95. The molecular weight excluding hydrogens is 204 g/mol. The predicted octanol–water partition coefficient (Wildman–Crippen LogP) is 0.349. The maximum Gasteiger partial charge on any atom is 0.234 e. The zero-order chi connectivity index (χ0) is 11.5. The zero-order valence-corrected chi connectivity index (χ0v) is 9.73. The molecule has 1 unspecified atom stereocenters. The molecule has 2 rings (SSSR count). The first kappa shape index (κ1) is 11.1. The third-order valence-electron chi connectivity index (χ3n) is 2.76. The third-order valence-corrected chi connectivity index (χ3v) is 2.76. The molecule has 1 aromatic rings. The number of hydrogen-bond donors (Lipinski definition) is 2. The topological polar surface area (TPSA) is 59.0 Å². The van der Waals surface area contributed by atoms with E-state index in [0.29, 0.717) is 12.6 Å². The summed E-state index contributed by atoms with van der Waals surface area (Å²) >= 11 is 0. The number of aryl methyl sites for hydroxylation is 1. The number of aromatic nitrogens is 2. The standard InChI is InChI=1S/C11H18N4O/c1-8(11-12-5-6-15(11)2)13-7-10(16)14-9-3-4-9/h5-6,8-9,13H,3-4,7H2,1-2H3,(H,14,16). The summed E-state index contributed by atoms with van der Waals surface area (Å²) in [6.45, 7) is 2.36. The Labute approximate surface area is 95.2 Å². The number of nitrogens with one attached hydrogen (secondary N) is 2. The van der Waals surface area contributed by atoms with E-state index in [2.05, 4.69) is 15.6 Å². The Kier molecular flexibility index (Phi) is 3.24. The highest BCUT2D eigenvalue weighted by molar-refractivity contribution is 5.78. The van der Waals surface area contributed by atoms with Crippen LogP contribution in [-0.2, 0) is 11.8 Å². The summed E-state index contributed by atoms with van der Waals surface area (Å²) in [5.74, 6) is 1.02. The lowest BCUT2D eigenvalue weighted by atomic mass is 10.3. The van der Waals surface area contributed by atoms with Crippen LogP contribution in [0.3, 0.4) is 0 Å². The van der Waals surface area contributed by atoms with Gasteiger partial charge in [-0.05, 0) is 19.8 Å². The van der Waals surface area contributed by atoms with Crippen molar-refractivity contribution in [3.05, 3.63) is 18.2 Å². The van der Waals surface area contributed by atoms with Gasteiger partial charge < -0.3 is 9.88 Å². The highest BCUT2D eigenvalue weighted by Gasteiger charge is 2.23. The fourth-order valence-electron chi connectivity index (χ4n) is 1.64. The summed E-state index contributed by atoms with van der Waals surface area (Å²) < 4.78 is 1.95. The monoisotopic (exact) mass is 222 g/mol. The van der Waals surface area contributed by atoms with Gasteiger partial charge in [0.05, 0.1) is 12.6 Å². The lowest BCUT2D eigenvalue weighted by Crippen LogP contribution is -2.36. The van der Waals surface area contributed by atoms with Crippen LogP contribution in [0.4, 0.5) is 0 Å². The Balaban J connectivity index is 1.76. The van der Waals surface area contributed by atoms with Gasteiger partial charge in [-0.1, -0.05) is 0 Å². The van der Waals surface area contributed by atoms with E-state index in [1.165, 1.54) is 0 Å². The Hall–Kier alpha value is -1.36. The average molecular weight is 222 g/mol. The van der Waals surface area contributed by atoms with Crippen molar-refractivity contribution in [2.75, 3.05) is 6.54 Å². The lowest BCUT2D eigenvalue weighted by molar-refractivity contribution is -0.120. The first-order valence-electron chi connectivity index (χ1n) is 5.67. The third kappa shape index (κ3) is 2.82. The first-order chi connectivity index (χ1) is 7.66. The summed E-state index contributed by atoms with van der Waals surface area (Å²) in [4.78, 5) is 15.7. The van der Waals surface area contributed by atoms with Crippen LogP contribution in [-0.4, -0.2) is 28.0 Å². The molecule has 1 fully saturated rings. The molecule has 0 saturated heterocycles. The molecule has 1 atom stereocenters. The van der Waals surface area contributed by atoms with Crippen molar-refractivity contribution in [3.8, 4) is 0 Å². The van der Waals surface area contributed by atoms with E-state index in [1.54, 1.807) is 6.20 Å². The Morgan fingerprint density at radius 3 is 3.00 bits per heavy atom. The van der Waals surface area contributed by atoms with Crippen LogP contribution in [0, 0.1) is 0 Å². The molecule has 1 aliphatic rings.